The van der Waals surface area contributed by atoms with E-state index < -0.39 is 0 Å². The van der Waals surface area contributed by atoms with Gasteiger partial charge in [-0.25, -0.2) is 4.98 Å². The fraction of sp³-hybridized carbons (Fsp3) is 0.524. The quantitative estimate of drug-likeness (QED) is 0.638. The molecule has 1 atom stereocenters. The summed E-state index contributed by atoms with van der Waals surface area (Å²) in [4.78, 5) is 17.8. The zero-order valence-corrected chi connectivity index (χ0v) is 16.9. The van der Waals surface area contributed by atoms with Gasteiger partial charge in [0.15, 0.2) is 5.13 Å². The minimum Gasteiger partial charge on any atom is -0.378 e. The van der Waals surface area contributed by atoms with Crippen molar-refractivity contribution in [3.63, 3.8) is 0 Å². The molecule has 0 spiro atoms. The number of hydrogen-bond donors (Lipinski definition) is 1. The number of aryl methyl sites for hydroxylation is 2. The van der Waals surface area contributed by atoms with E-state index in [1.807, 2.05) is 6.92 Å². The maximum Gasteiger partial charge on any atom is 0.228 e. The summed E-state index contributed by atoms with van der Waals surface area (Å²) in [5.74, 6) is -0.0686. The van der Waals surface area contributed by atoms with Crippen LogP contribution in [0.5, 0.6) is 0 Å². The number of nitrogens with one attached hydrogen (secondary N) is 1. The van der Waals surface area contributed by atoms with E-state index in [0.717, 1.165) is 48.4 Å². The van der Waals surface area contributed by atoms with Crippen molar-refractivity contribution in [2.75, 3.05) is 25.1 Å². The third-order valence-corrected chi connectivity index (χ3v) is 5.50. The van der Waals surface area contributed by atoms with E-state index in [9.17, 15) is 4.79 Å². The average molecular weight is 389 g/mol. The molecular weight excluding hydrogens is 360 g/mol. The molecule has 5 nitrogen and oxygen atoms in total. The van der Waals surface area contributed by atoms with Crippen LogP contribution in [0.25, 0.3) is 11.3 Å². The van der Waals surface area contributed by atoms with Gasteiger partial charge in [0.25, 0.3) is 0 Å². The molecule has 0 saturated carbocycles. The Labute approximate surface area is 165 Å². The van der Waals surface area contributed by atoms with Crippen molar-refractivity contribution in [3.8, 4) is 11.3 Å². The predicted molar refractivity (Wildman–Crippen MR) is 109 cm³/mol. The van der Waals surface area contributed by atoms with Gasteiger partial charge < -0.3 is 14.8 Å². The van der Waals surface area contributed by atoms with E-state index in [1.54, 1.807) is 0 Å². The third kappa shape index (κ3) is 5.86. The lowest BCUT2D eigenvalue weighted by Gasteiger charge is -2.09. The zero-order valence-electron chi connectivity index (χ0n) is 16.1. The van der Waals surface area contributed by atoms with Gasteiger partial charge in [-0.2, -0.15) is 0 Å². The minimum atomic E-state index is -0.0686. The Morgan fingerprint density at radius 2 is 2.19 bits per heavy atom. The molecule has 1 N–H and O–H groups in total. The summed E-state index contributed by atoms with van der Waals surface area (Å²) >= 11 is 1.51. The van der Waals surface area contributed by atoms with Crippen LogP contribution in [0.4, 0.5) is 5.13 Å². The molecule has 1 aliphatic heterocycles. The first kappa shape index (κ1) is 20.0. The van der Waals surface area contributed by atoms with Crippen LogP contribution in [0.15, 0.2) is 24.3 Å². The van der Waals surface area contributed by atoms with Crippen molar-refractivity contribution in [2.24, 2.45) is 0 Å². The summed E-state index contributed by atoms with van der Waals surface area (Å²) in [6.45, 7) is 6.01. The van der Waals surface area contributed by atoms with Gasteiger partial charge in [-0.3, -0.25) is 4.79 Å². The second-order valence-corrected chi connectivity index (χ2v) is 8.08. The number of rotatable bonds is 9. The monoisotopic (exact) mass is 388 g/mol. The van der Waals surface area contributed by atoms with Gasteiger partial charge in [0, 0.05) is 17.0 Å². The molecule has 2 heterocycles. The maximum atomic E-state index is 12.1. The predicted octanol–water partition coefficient (Wildman–Crippen LogP) is 4.60. The third-order valence-electron chi connectivity index (χ3n) is 4.61. The van der Waals surface area contributed by atoms with E-state index in [2.05, 4.69) is 41.5 Å². The Kier molecular flexibility index (Phi) is 7.38. The molecule has 0 bridgehead atoms. The second kappa shape index (κ2) is 9.97. The Hall–Kier alpha value is -1.76. The van der Waals surface area contributed by atoms with E-state index >= 15 is 0 Å². The van der Waals surface area contributed by atoms with Crippen LogP contribution in [0, 0.1) is 6.92 Å². The highest BCUT2D eigenvalue weighted by Gasteiger charge is 2.16. The number of carbonyl (C=O) groups excluding carboxylic acids is 1. The standard InChI is InChI=1S/C21H28N2O3S/c1-3-5-16-7-9-17(10-8-16)20-15(2)27-21(23-20)22-19(24)11-13-25-14-18-6-4-12-26-18/h7-10,18H,3-6,11-14H2,1-2H3,(H,22,23,24). The number of thiazole rings is 1. The molecule has 27 heavy (non-hydrogen) atoms. The van der Waals surface area contributed by atoms with Crippen LogP contribution in [0.3, 0.4) is 0 Å². The lowest BCUT2D eigenvalue weighted by molar-refractivity contribution is -0.117. The van der Waals surface area contributed by atoms with Crippen molar-refractivity contribution >= 4 is 22.4 Å². The number of benzene rings is 1. The number of amides is 1. The smallest absolute Gasteiger partial charge is 0.228 e. The molecule has 1 unspecified atom stereocenters. The lowest BCUT2D eigenvalue weighted by Crippen LogP contribution is -2.18. The minimum absolute atomic E-state index is 0.0686. The summed E-state index contributed by atoms with van der Waals surface area (Å²) in [6.07, 6.45) is 4.90. The van der Waals surface area contributed by atoms with Crippen LogP contribution in [-0.2, 0) is 20.7 Å². The molecule has 1 saturated heterocycles. The zero-order chi connectivity index (χ0) is 19.1. The van der Waals surface area contributed by atoms with Gasteiger partial charge in [0.2, 0.25) is 5.91 Å². The van der Waals surface area contributed by atoms with Crippen LogP contribution < -0.4 is 5.32 Å². The highest BCUT2D eigenvalue weighted by molar-refractivity contribution is 7.16. The Morgan fingerprint density at radius 1 is 1.37 bits per heavy atom. The fourth-order valence-corrected chi connectivity index (χ4v) is 4.02. The van der Waals surface area contributed by atoms with Crippen LogP contribution in [-0.4, -0.2) is 36.8 Å². The lowest BCUT2D eigenvalue weighted by atomic mass is 10.1. The molecule has 1 fully saturated rings. The average Bonchev–Trinajstić information content (AvgIpc) is 3.29. The van der Waals surface area contributed by atoms with Gasteiger partial charge in [-0.15, -0.1) is 11.3 Å². The second-order valence-electron chi connectivity index (χ2n) is 6.88. The number of nitrogens with zero attached hydrogens (tertiary/aromatic N) is 1. The molecule has 6 heteroatoms. The van der Waals surface area contributed by atoms with Crippen molar-refractivity contribution in [2.45, 2.75) is 52.1 Å². The molecule has 1 aromatic carbocycles. The van der Waals surface area contributed by atoms with Crippen molar-refractivity contribution in [3.05, 3.63) is 34.7 Å². The van der Waals surface area contributed by atoms with Gasteiger partial charge in [-0.05, 0) is 31.7 Å². The number of carbonyl (C=O) groups is 1. The maximum absolute atomic E-state index is 12.1. The van der Waals surface area contributed by atoms with Gasteiger partial charge >= 0.3 is 0 Å². The van der Waals surface area contributed by atoms with Crippen molar-refractivity contribution in [1.29, 1.82) is 0 Å². The summed E-state index contributed by atoms with van der Waals surface area (Å²) in [6, 6.07) is 8.53. The molecular formula is C21H28N2O3S. The summed E-state index contributed by atoms with van der Waals surface area (Å²) in [7, 11) is 0. The molecule has 0 aliphatic carbocycles. The number of hydrogen-bond acceptors (Lipinski definition) is 5. The topological polar surface area (TPSA) is 60.5 Å². The molecule has 3 rings (SSSR count). The Balaban J connectivity index is 1.49. The molecule has 1 aliphatic rings. The van der Waals surface area contributed by atoms with Crippen molar-refractivity contribution < 1.29 is 14.3 Å². The first-order chi connectivity index (χ1) is 13.2. The molecule has 2 aromatic rings. The summed E-state index contributed by atoms with van der Waals surface area (Å²) < 4.78 is 11.1. The Morgan fingerprint density at radius 3 is 2.89 bits per heavy atom. The van der Waals surface area contributed by atoms with Crippen LogP contribution in [0.2, 0.25) is 0 Å². The normalized spacial score (nSPS) is 16.6. The van der Waals surface area contributed by atoms with Gasteiger partial charge in [0.05, 0.1) is 31.4 Å². The fourth-order valence-electron chi connectivity index (χ4n) is 3.17. The number of anilines is 1. The highest BCUT2D eigenvalue weighted by atomic mass is 32.1. The van der Waals surface area contributed by atoms with Crippen LogP contribution in [0.1, 0.15) is 43.0 Å². The van der Waals surface area contributed by atoms with E-state index in [-0.39, 0.29) is 12.0 Å². The largest absolute Gasteiger partial charge is 0.378 e. The number of aromatic nitrogens is 1. The van der Waals surface area contributed by atoms with E-state index in [4.69, 9.17) is 9.47 Å². The highest BCUT2D eigenvalue weighted by Crippen LogP contribution is 2.30. The summed E-state index contributed by atoms with van der Waals surface area (Å²) in [5, 5.41) is 3.53. The van der Waals surface area contributed by atoms with Gasteiger partial charge in [0.1, 0.15) is 0 Å². The van der Waals surface area contributed by atoms with E-state index in [1.165, 1.54) is 16.9 Å². The molecule has 146 valence electrons. The Bertz CT molecular complexity index is 736. The van der Waals surface area contributed by atoms with Gasteiger partial charge in [-0.1, -0.05) is 37.6 Å². The molecule has 0 radical (unpaired) electrons. The summed E-state index contributed by atoms with van der Waals surface area (Å²) in [5.41, 5.74) is 3.36. The molecule has 1 amide bonds. The molecule has 1 aromatic heterocycles. The first-order valence-electron chi connectivity index (χ1n) is 9.71. The van der Waals surface area contributed by atoms with Crippen LogP contribution >= 0.6 is 11.3 Å². The van der Waals surface area contributed by atoms with Crippen molar-refractivity contribution in [1.82, 2.24) is 4.98 Å². The van der Waals surface area contributed by atoms with E-state index in [0.29, 0.717) is 24.8 Å². The number of ether oxygens (including phenoxy) is 2. The SMILES string of the molecule is CCCc1ccc(-c2nc(NC(=O)CCOCC3CCCO3)sc2C)cc1. The first-order valence-corrected chi connectivity index (χ1v) is 10.5.